The number of amides is 1. The first-order chi connectivity index (χ1) is 12.0. The molecule has 2 fully saturated rings. The quantitative estimate of drug-likeness (QED) is 0.850. The van der Waals surface area contributed by atoms with E-state index in [0.29, 0.717) is 36.3 Å². The van der Waals surface area contributed by atoms with Gasteiger partial charge in [0, 0.05) is 25.2 Å². The lowest BCUT2D eigenvalue weighted by atomic mass is 10.0. The lowest BCUT2D eigenvalue weighted by molar-refractivity contribution is 0.0787. The highest BCUT2D eigenvalue weighted by Gasteiger charge is 2.35. The molecular weight excluding hydrogens is 318 g/mol. The number of carbonyl (C=O) groups is 1. The van der Waals surface area contributed by atoms with Crippen LogP contribution in [0, 0.1) is 6.92 Å². The molecule has 25 heavy (non-hydrogen) atoms. The van der Waals surface area contributed by atoms with Gasteiger partial charge in [-0.15, -0.1) is 0 Å². The zero-order chi connectivity index (χ0) is 17.6. The highest BCUT2D eigenvalue weighted by Crippen LogP contribution is 2.39. The Hall–Kier alpha value is -2.31. The van der Waals surface area contributed by atoms with Crippen molar-refractivity contribution in [2.75, 3.05) is 13.1 Å². The Labute approximate surface area is 146 Å². The van der Waals surface area contributed by atoms with Crippen molar-refractivity contribution in [1.82, 2.24) is 25.0 Å². The molecule has 1 amide bonds. The highest BCUT2D eigenvalue weighted by molar-refractivity contribution is 5.95. The van der Waals surface area contributed by atoms with E-state index >= 15 is 0 Å². The molecule has 2 aromatic rings. The standard InChI is InChI=1S/C18H23N5O2/c1-10(2)15-14(8-19-11(3)20-15)18(24)23-7-6-13(9-23)17-21-16(22-25-17)12-4-5-12/h8,10,12-13H,4-7,9H2,1-3H3. The van der Waals surface area contributed by atoms with Crippen molar-refractivity contribution in [2.24, 2.45) is 0 Å². The van der Waals surface area contributed by atoms with Crippen LogP contribution < -0.4 is 0 Å². The first-order valence-corrected chi connectivity index (χ1v) is 8.99. The zero-order valence-corrected chi connectivity index (χ0v) is 14.9. The van der Waals surface area contributed by atoms with Crippen molar-refractivity contribution in [2.45, 2.75) is 57.8 Å². The SMILES string of the molecule is Cc1ncc(C(=O)N2CCC(c3nc(C4CC4)no3)C2)c(C(C)C)n1. The maximum absolute atomic E-state index is 13.0. The van der Waals surface area contributed by atoms with Crippen molar-refractivity contribution < 1.29 is 9.32 Å². The van der Waals surface area contributed by atoms with E-state index in [2.05, 4.69) is 20.1 Å². The molecule has 7 nitrogen and oxygen atoms in total. The van der Waals surface area contributed by atoms with E-state index in [9.17, 15) is 4.79 Å². The molecule has 0 bridgehead atoms. The van der Waals surface area contributed by atoms with Crippen LogP contribution in [-0.4, -0.2) is 44.0 Å². The number of carbonyl (C=O) groups excluding carboxylic acids is 1. The summed E-state index contributed by atoms with van der Waals surface area (Å²) in [4.78, 5) is 28.0. The second-order valence-corrected chi connectivity index (χ2v) is 7.37. The van der Waals surface area contributed by atoms with Crippen LogP contribution in [0.25, 0.3) is 0 Å². The minimum Gasteiger partial charge on any atom is -0.339 e. The first kappa shape index (κ1) is 16.2. The summed E-state index contributed by atoms with van der Waals surface area (Å²) in [5.74, 6) is 2.96. The van der Waals surface area contributed by atoms with Gasteiger partial charge < -0.3 is 9.42 Å². The van der Waals surface area contributed by atoms with Gasteiger partial charge in [0.15, 0.2) is 5.82 Å². The zero-order valence-electron chi connectivity index (χ0n) is 14.9. The molecule has 2 aliphatic rings. The molecule has 4 rings (SSSR count). The number of nitrogens with zero attached hydrogens (tertiary/aromatic N) is 5. The molecule has 1 aliphatic carbocycles. The second kappa shape index (κ2) is 6.20. The van der Waals surface area contributed by atoms with Gasteiger partial charge in [-0.1, -0.05) is 19.0 Å². The number of aromatic nitrogens is 4. The molecule has 1 saturated heterocycles. The fraction of sp³-hybridized carbons (Fsp3) is 0.611. The number of hydrogen-bond donors (Lipinski definition) is 0. The number of likely N-dealkylation sites (tertiary alicyclic amines) is 1. The first-order valence-electron chi connectivity index (χ1n) is 8.99. The molecule has 132 valence electrons. The van der Waals surface area contributed by atoms with Crippen LogP contribution in [0.4, 0.5) is 0 Å². The van der Waals surface area contributed by atoms with Crippen LogP contribution in [0.3, 0.4) is 0 Å². The summed E-state index contributed by atoms with van der Waals surface area (Å²) in [7, 11) is 0. The molecule has 0 aromatic carbocycles. The van der Waals surface area contributed by atoms with Crippen molar-refractivity contribution in [3.8, 4) is 0 Å². The Kier molecular flexibility index (Phi) is 4.01. The van der Waals surface area contributed by atoms with Gasteiger partial charge in [-0.3, -0.25) is 4.79 Å². The van der Waals surface area contributed by atoms with E-state index < -0.39 is 0 Å². The third-order valence-corrected chi connectivity index (χ3v) is 4.94. The van der Waals surface area contributed by atoms with Crippen molar-refractivity contribution in [3.05, 3.63) is 35.0 Å². The lowest BCUT2D eigenvalue weighted by Crippen LogP contribution is -2.30. The van der Waals surface area contributed by atoms with Crippen LogP contribution in [0.2, 0.25) is 0 Å². The molecule has 7 heteroatoms. The Morgan fingerprint density at radius 2 is 2.04 bits per heavy atom. The average molecular weight is 341 g/mol. The molecule has 3 heterocycles. The van der Waals surface area contributed by atoms with Gasteiger partial charge in [0.2, 0.25) is 5.89 Å². The fourth-order valence-electron chi connectivity index (χ4n) is 3.33. The van der Waals surface area contributed by atoms with E-state index in [1.807, 2.05) is 25.7 Å². The van der Waals surface area contributed by atoms with Gasteiger partial charge in [-0.25, -0.2) is 9.97 Å². The number of aryl methyl sites for hydroxylation is 1. The van der Waals surface area contributed by atoms with Crippen molar-refractivity contribution >= 4 is 5.91 Å². The molecular formula is C18H23N5O2. The summed E-state index contributed by atoms with van der Waals surface area (Å²) in [6.45, 7) is 7.23. The molecule has 0 N–H and O–H groups in total. The van der Waals surface area contributed by atoms with Gasteiger partial charge in [0.25, 0.3) is 5.91 Å². The Balaban J connectivity index is 1.50. The van der Waals surface area contributed by atoms with Gasteiger partial charge in [-0.05, 0) is 32.1 Å². The molecule has 1 unspecified atom stereocenters. The monoisotopic (exact) mass is 341 g/mol. The maximum atomic E-state index is 13.0. The highest BCUT2D eigenvalue weighted by atomic mass is 16.5. The minimum atomic E-state index is -0.00636. The van der Waals surface area contributed by atoms with E-state index in [4.69, 9.17) is 4.52 Å². The molecule has 1 saturated carbocycles. The van der Waals surface area contributed by atoms with E-state index in [-0.39, 0.29) is 17.7 Å². The number of hydrogen-bond acceptors (Lipinski definition) is 6. The van der Waals surface area contributed by atoms with Crippen LogP contribution in [0.1, 0.15) is 84.5 Å². The largest absolute Gasteiger partial charge is 0.339 e. The Morgan fingerprint density at radius 3 is 2.76 bits per heavy atom. The van der Waals surface area contributed by atoms with E-state index in [1.165, 1.54) is 0 Å². The Bertz CT molecular complexity index is 797. The van der Waals surface area contributed by atoms with Gasteiger partial charge in [0.05, 0.1) is 17.2 Å². The summed E-state index contributed by atoms with van der Waals surface area (Å²) >= 11 is 0. The summed E-state index contributed by atoms with van der Waals surface area (Å²) in [6.07, 6.45) is 4.81. The lowest BCUT2D eigenvalue weighted by Gasteiger charge is -2.18. The third-order valence-electron chi connectivity index (χ3n) is 4.94. The van der Waals surface area contributed by atoms with Crippen molar-refractivity contribution in [3.63, 3.8) is 0 Å². The summed E-state index contributed by atoms with van der Waals surface area (Å²) in [6, 6.07) is 0. The predicted molar refractivity (Wildman–Crippen MR) is 90.4 cm³/mol. The van der Waals surface area contributed by atoms with Gasteiger partial charge >= 0.3 is 0 Å². The molecule has 2 aromatic heterocycles. The average Bonchev–Trinajstić information content (AvgIpc) is 3.12. The van der Waals surface area contributed by atoms with Gasteiger partial charge in [-0.2, -0.15) is 4.98 Å². The molecule has 0 radical (unpaired) electrons. The fourth-order valence-corrected chi connectivity index (χ4v) is 3.33. The summed E-state index contributed by atoms with van der Waals surface area (Å²) < 4.78 is 5.44. The van der Waals surface area contributed by atoms with Crippen LogP contribution in [0.15, 0.2) is 10.7 Å². The second-order valence-electron chi connectivity index (χ2n) is 7.37. The van der Waals surface area contributed by atoms with E-state index in [0.717, 1.165) is 30.8 Å². The smallest absolute Gasteiger partial charge is 0.257 e. The number of rotatable bonds is 4. The Morgan fingerprint density at radius 1 is 1.24 bits per heavy atom. The molecule has 0 spiro atoms. The predicted octanol–water partition coefficient (Wildman–Crippen LogP) is 2.80. The summed E-state index contributed by atoms with van der Waals surface area (Å²) in [5, 5.41) is 4.09. The van der Waals surface area contributed by atoms with Crippen LogP contribution in [0.5, 0.6) is 0 Å². The topological polar surface area (TPSA) is 85.0 Å². The minimum absolute atomic E-state index is 0.00636. The maximum Gasteiger partial charge on any atom is 0.257 e. The van der Waals surface area contributed by atoms with Gasteiger partial charge in [0.1, 0.15) is 5.82 Å². The van der Waals surface area contributed by atoms with Crippen LogP contribution >= 0.6 is 0 Å². The molecule has 1 atom stereocenters. The third kappa shape index (κ3) is 3.15. The van der Waals surface area contributed by atoms with Crippen molar-refractivity contribution in [1.29, 1.82) is 0 Å². The van der Waals surface area contributed by atoms with E-state index in [1.54, 1.807) is 6.20 Å². The normalized spacial score (nSPS) is 20.5. The van der Waals surface area contributed by atoms with Crippen LogP contribution in [-0.2, 0) is 0 Å². The summed E-state index contributed by atoms with van der Waals surface area (Å²) in [5.41, 5.74) is 1.42. The molecule has 1 aliphatic heterocycles.